The second kappa shape index (κ2) is 7.39. The maximum Gasteiger partial charge on any atom is 0.409 e. The lowest BCUT2D eigenvalue weighted by Crippen LogP contribution is -2.44. The van der Waals surface area contributed by atoms with Crippen LogP contribution in [0.4, 0.5) is 21.9 Å². The number of nitrogens with one attached hydrogen (secondary N) is 3. The summed E-state index contributed by atoms with van der Waals surface area (Å²) in [4.78, 5) is 47.2. The molecule has 154 valence electrons. The summed E-state index contributed by atoms with van der Waals surface area (Å²) in [5.74, 6) is -0.807. The van der Waals surface area contributed by atoms with E-state index in [1.807, 2.05) is 0 Å². The Bertz CT molecular complexity index is 1220. The predicted octanol–water partition coefficient (Wildman–Crippen LogP) is 2.15. The van der Waals surface area contributed by atoms with Crippen molar-refractivity contribution >= 4 is 46.0 Å². The maximum absolute atomic E-state index is 12.8. The van der Waals surface area contributed by atoms with Gasteiger partial charge in [-0.2, -0.15) is 0 Å². The van der Waals surface area contributed by atoms with Crippen molar-refractivity contribution in [3.63, 3.8) is 0 Å². The molecule has 1 unspecified atom stereocenters. The van der Waals surface area contributed by atoms with Crippen molar-refractivity contribution in [1.29, 1.82) is 0 Å². The van der Waals surface area contributed by atoms with Gasteiger partial charge in [0.2, 0.25) is 11.8 Å². The van der Waals surface area contributed by atoms with E-state index in [0.29, 0.717) is 16.7 Å². The maximum atomic E-state index is 12.8. The molecule has 2 aromatic carbocycles. The minimum Gasteiger partial charge on any atom is -0.465 e. The highest BCUT2D eigenvalue weighted by Gasteiger charge is 2.31. The first-order valence-electron chi connectivity index (χ1n) is 9.25. The number of piperidine rings is 1. The lowest BCUT2D eigenvalue weighted by Gasteiger charge is -2.21. The number of anilines is 3. The number of carboxylic acid groups (broad SMARTS) is 1. The van der Waals surface area contributed by atoms with Crippen LogP contribution in [0.15, 0.2) is 47.3 Å². The Morgan fingerprint density at radius 1 is 1.03 bits per heavy atom. The number of benzene rings is 2. The third-order valence-electron chi connectivity index (χ3n) is 5.04. The standard InChI is InChI=1S/C20H19N5O5/c1-24-16-10-13(21-11-2-4-12(5-3-11)22-19(28)29)6-7-14(16)25(20(24)30)15-8-9-17(26)23-18(15)27/h2-7,10,15,21-22H,8-9H2,1H3,(H,28,29)(H,23,26,27). The number of carbonyl (C=O) groups excluding carboxylic acids is 2. The highest BCUT2D eigenvalue weighted by atomic mass is 16.4. The Labute approximate surface area is 170 Å². The average molecular weight is 409 g/mol. The van der Waals surface area contributed by atoms with Gasteiger partial charge in [-0.05, 0) is 48.9 Å². The average Bonchev–Trinajstić information content (AvgIpc) is 2.94. The molecule has 1 aliphatic heterocycles. The molecule has 1 fully saturated rings. The molecule has 1 aromatic heterocycles. The van der Waals surface area contributed by atoms with Crippen LogP contribution in [-0.2, 0) is 16.6 Å². The topological polar surface area (TPSA) is 134 Å². The monoisotopic (exact) mass is 409 g/mol. The van der Waals surface area contributed by atoms with Crippen LogP contribution >= 0.6 is 0 Å². The van der Waals surface area contributed by atoms with E-state index in [-0.39, 0.29) is 24.4 Å². The van der Waals surface area contributed by atoms with Crippen molar-refractivity contribution in [3.05, 3.63) is 52.9 Å². The van der Waals surface area contributed by atoms with Gasteiger partial charge in [-0.25, -0.2) is 9.59 Å². The Kier molecular flexibility index (Phi) is 4.74. The smallest absolute Gasteiger partial charge is 0.409 e. The van der Waals surface area contributed by atoms with Gasteiger partial charge in [-0.3, -0.25) is 29.4 Å². The number of imide groups is 1. The van der Waals surface area contributed by atoms with Crippen LogP contribution in [0.5, 0.6) is 0 Å². The van der Waals surface area contributed by atoms with Gasteiger partial charge in [0.05, 0.1) is 11.0 Å². The quantitative estimate of drug-likeness (QED) is 0.488. The van der Waals surface area contributed by atoms with E-state index in [1.54, 1.807) is 49.5 Å². The molecule has 0 spiro atoms. The van der Waals surface area contributed by atoms with Gasteiger partial charge < -0.3 is 10.4 Å². The van der Waals surface area contributed by atoms with E-state index in [1.165, 1.54) is 9.13 Å². The summed E-state index contributed by atoms with van der Waals surface area (Å²) in [6.45, 7) is 0. The highest BCUT2D eigenvalue weighted by Crippen LogP contribution is 2.26. The van der Waals surface area contributed by atoms with E-state index in [9.17, 15) is 19.2 Å². The van der Waals surface area contributed by atoms with Crippen LogP contribution in [0.2, 0.25) is 0 Å². The van der Waals surface area contributed by atoms with E-state index in [0.717, 1.165) is 11.4 Å². The number of aromatic nitrogens is 2. The van der Waals surface area contributed by atoms with E-state index in [4.69, 9.17) is 5.11 Å². The van der Waals surface area contributed by atoms with E-state index < -0.39 is 18.0 Å². The molecule has 4 N–H and O–H groups in total. The molecule has 1 aliphatic rings. The van der Waals surface area contributed by atoms with E-state index >= 15 is 0 Å². The van der Waals surface area contributed by atoms with Crippen molar-refractivity contribution in [2.75, 3.05) is 10.6 Å². The zero-order chi connectivity index (χ0) is 21.4. The molecule has 0 aliphatic carbocycles. The highest BCUT2D eigenvalue weighted by molar-refractivity contribution is 6.00. The van der Waals surface area contributed by atoms with Gasteiger partial charge in [0.15, 0.2) is 0 Å². The van der Waals surface area contributed by atoms with Crippen molar-refractivity contribution in [2.45, 2.75) is 18.9 Å². The SMILES string of the molecule is Cn1c(=O)n(C2CCC(=O)NC2=O)c2ccc(Nc3ccc(NC(=O)O)cc3)cc21. The molecule has 30 heavy (non-hydrogen) atoms. The summed E-state index contributed by atoms with van der Waals surface area (Å²) in [6, 6.07) is 11.3. The van der Waals surface area contributed by atoms with Crippen molar-refractivity contribution < 1.29 is 19.5 Å². The van der Waals surface area contributed by atoms with Crippen LogP contribution in [0, 0.1) is 0 Å². The fourth-order valence-electron chi connectivity index (χ4n) is 3.60. The van der Waals surface area contributed by atoms with Crippen LogP contribution in [0.25, 0.3) is 11.0 Å². The lowest BCUT2D eigenvalue weighted by atomic mass is 10.1. The zero-order valence-corrected chi connectivity index (χ0v) is 16.0. The molecule has 2 heterocycles. The zero-order valence-electron chi connectivity index (χ0n) is 16.0. The van der Waals surface area contributed by atoms with Gasteiger partial charge in [0.1, 0.15) is 6.04 Å². The number of carbonyl (C=O) groups is 3. The lowest BCUT2D eigenvalue weighted by molar-refractivity contribution is -0.135. The number of aryl methyl sites for hydroxylation is 1. The van der Waals surface area contributed by atoms with Crippen molar-refractivity contribution in [3.8, 4) is 0 Å². The summed E-state index contributed by atoms with van der Waals surface area (Å²) in [7, 11) is 1.63. The molecule has 1 saturated heterocycles. The minimum absolute atomic E-state index is 0.186. The van der Waals surface area contributed by atoms with Crippen molar-refractivity contribution in [2.24, 2.45) is 7.05 Å². The molecule has 4 rings (SSSR count). The molecule has 0 radical (unpaired) electrons. The van der Waals surface area contributed by atoms with Gasteiger partial charge in [0, 0.05) is 30.5 Å². The first kappa shape index (κ1) is 19.2. The molecule has 3 aromatic rings. The normalized spacial score (nSPS) is 16.4. The Morgan fingerprint density at radius 2 is 1.70 bits per heavy atom. The van der Waals surface area contributed by atoms with Gasteiger partial charge >= 0.3 is 11.8 Å². The first-order valence-corrected chi connectivity index (χ1v) is 9.25. The van der Waals surface area contributed by atoms with Crippen LogP contribution in [0.3, 0.4) is 0 Å². The summed E-state index contributed by atoms with van der Waals surface area (Å²) in [6.07, 6.45) is -0.672. The van der Waals surface area contributed by atoms with Crippen LogP contribution in [0.1, 0.15) is 18.9 Å². The minimum atomic E-state index is -1.14. The second-order valence-corrected chi connectivity index (χ2v) is 7.01. The van der Waals surface area contributed by atoms with Gasteiger partial charge in [-0.15, -0.1) is 0 Å². The number of fused-ring (bicyclic) bond motifs is 1. The molecule has 3 amide bonds. The molecular weight excluding hydrogens is 390 g/mol. The predicted molar refractivity (Wildman–Crippen MR) is 110 cm³/mol. The first-order chi connectivity index (χ1) is 14.3. The number of nitrogens with zero attached hydrogens (tertiary/aromatic N) is 2. The van der Waals surface area contributed by atoms with Gasteiger partial charge in [0.25, 0.3) is 0 Å². The number of amides is 3. The second-order valence-electron chi connectivity index (χ2n) is 7.01. The van der Waals surface area contributed by atoms with Crippen molar-refractivity contribution in [1.82, 2.24) is 14.5 Å². The Balaban J connectivity index is 1.64. The fourth-order valence-corrected chi connectivity index (χ4v) is 3.60. The molecule has 10 heteroatoms. The number of hydrogen-bond acceptors (Lipinski definition) is 5. The third-order valence-corrected chi connectivity index (χ3v) is 5.04. The summed E-state index contributed by atoms with van der Waals surface area (Å²) in [5, 5.41) is 16.5. The molecule has 0 bridgehead atoms. The Morgan fingerprint density at radius 3 is 2.37 bits per heavy atom. The van der Waals surface area contributed by atoms with Crippen LogP contribution < -0.4 is 21.6 Å². The molecule has 10 nitrogen and oxygen atoms in total. The summed E-state index contributed by atoms with van der Waals surface area (Å²) in [5.41, 5.74) is 2.81. The number of imidazole rings is 1. The molecular formula is C20H19N5O5. The number of hydrogen-bond donors (Lipinski definition) is 4. The fraction of sp³-hybridized carbons (Fsp3) is 0.200. The molecule has 0 saturated carbocycles. The van der Waals surface area contributed by atoms with Gasteiger partial charge in [-0.1, -0.05) is 0 Å². The number of rotatable bonds is 4. The molecule has 1 atom stereocenters. The largest absolute Gasteiger partial charge is 0.465 e. The van der Waals surface area contributed by atoms with E-state index in [2.05, 4.69) is 16.0 Å². The Hall–Kier alpha value is -4.08. The van der Waals surface area contributed by atoms with Crippen LogP contribution in [-0.4, -0.2) is 32.1 Å². The summed E-state index contributed by atoms with van der Waals surface area (Å²) >= 11 is 0. The third kappa shape index (κ3) is 3.50. The summed E-state index contributed by atoms with van der Waals surface area (Å²) < 4.78 is 2.89.